The Labute approximate surface area is 146 Å². The van der Waals surface area contributed by atoms with Crippen LogP contribution in [-0.4, -0.2) is 35.4 Å². The predicted molar refractivity (Wildman–Crippen MR) is 94.4 cm³/mol. The highest BCUT2D eigenvalue weighted by Gasteiger charge is 2.13. The first kappa shape index (κ1) is 19.0. The molecule has 6 heteroatoms. The number of aromatic nitrogens is 1. The number of halogens is 2. The van der Waals surface area contributed by atoms with Crippen molar-refractivity contribution in [3.8, 4) is 0 Å². The monoisotopic (exact) mass is 347 g/mol. The zero-order chi connectivity index (χ0) is 18.4. The van der Waals surface area contributed by atoms with Crippen LogP contribution in [0.15, 0.2) is 36.5 Å². The molecule has 1 aromatic heterocycles. The maximum atomic E-state index is 13.1. The van der Waals surface area contributed by atoms with Crippen LogP contribution in [0.1, 0.15) is 24.6 Å². The summed E-state index contributed by atoms with van der Waals surface area (Å²) in [5.74, 6) is -2.15. The molecule has 0 bridgehead atoms. The van der Waals surface area contributed by atoms with E-state index < -0.39 is 11.6 Å². The number of rotatable bonds is 7. The summed E-state index contributed by atoms with van der Waals surface area (Å²) in [6.07, 6.45) is 2.86. The predicted octanol–water partition coefficient (Wildman–Crippen LogP) is 3.56. The Morgan fingerprint density at radius 1 is 1.24 bits per heavy atom. The molecule has 0 spiro atoms. The minimum absolute atomic E-state index is 0.227. The summed E-state index contributed by atoms with van der Waals surface area (Å²) in [5, 5.41) is 2.58. The number of aryl methyl sites for hydroxylation is 1. The van der Waals surface area contributed by atoms with Crippen LogP contribution in [0.25, 0.3) is 0 Å². The quantitative estimate of drug-likeness (QED) is 0.833. The summed E-state index contributed by atoms with van der Waals surface area (Å²) in [5.41, 5.74) is 2.44. The van der Waals surface area contributed by atoms with Crippen LogP contribution < -0.4 is 5.32 Å². The van der Waals surface area contributed by atoms with Gasteiger partial charge in [0.05, 0.1) is 0 Å². The average molecular weight is 347 g/mol. The lowest BCUT2D eigenvalue weighted by atomic mass is 10.1. The van der Waals surface area contributed by atoms with Crippen LogP contribution in [0.2, 0.25) is 0 Å². The summed E-state index contributed by atoms with van der Waals surface area (Å²) < 4.78 is 26.0. The number of hydrogen-bond acceptors (Lipinski definition) is 3. The van der Waals surface area contributed by atoms with E-state index in [-0.39, 0.29) is 24.1 Å². The van der Waals surface area contributed by atoms with Gasteiger partial charge in [-0.2, -0.15) is 0 Å². The first-order valence-electron chi connectivity index (χ1n) is 8.22. The van der Waals surface area contributed by atoms with Crippen LogP contribution in [0.4, 0.5) is 14.5 Å². The molecule has 0 aliphatic heterocycles. The molecule has 1 atom stereocenters. The van der Waals surface area contributed by atoms with E-state index in [9.17, 15) is 13.6 Å². The first-order chi connectivity index (χ1) is 11.8. The fourth-order valence-electron chi connectivity index (χ4n) is 2.46. The molecule has 4 nitrogen and oxygen atoms in total. The van der Waals surface area contributed by atoms with Crippen molar-refractivity contribution in [2.45, 2.75) is 32.7 Å². The van der Waals surface area contributed by atoms with Crippen molar-refractivity contribution in [3.63, 3.8) is 0 Å². The maximum Gasteiger partial charge on any atom is 0.225 e. The molecule has 0 aliphatic carbocycles. The van der Waals surface area contributed by atoms with Gasteiger partial charge in [0, 0.05) is 49.1 Å². The average Bonchev–Trinajstić information content (AvgIpc) is 2.56. The molecule has 25 heavy (non-hydrogen) atoms. The number of pyridine rings is 1. The second-order valence-corrected chi connectivity index (χ2v) is 6.29. The third kappa shape index (κ3) is 5.90. The highest BCUT2D eigenvalue weighted by Crippen LogP contribution is 2.13. The van der Waals surface area contributed by atoms with Gasteiger partial charge in [0.2, 0.25) is 5.91 Å². The van der Waals surface area contributed by atoms with Gasteiger partial charge < -0.3 is 10.2 Å². The molecule has 2 rings (SSSR count). The molecular formula is C19H23F2N3O. The molecule has 1 heterocycles. The number of anilines is 1. The van der Waals surface area contributed by atoms with Gasteiger partial charge in [0.15, 0.2) is 11.6 Å². The lowest BCUT2D eigenvalue weighted by molar-refractivity contribution is -0.116. The van der Waals surface area contributed by atoms with E-state index in [1.807, 2.05) is 20.0 Å². The smallest absolute Gasteiger partial charge is 0.225 e. The van der Waals surface area contributed by atoms with Crippen LogP contribution in [0, 0.1) is 18.6 Å². The lowest BCUT2D eigenvalue weighted by Crippen LogP contribution is -2.33. The second-order valence-electron chi connectivity index (χ2n) is 6.29. The Morgan fingerprint density at radius 2 is 2.00 bits per heavy atom. The van der Waals surface area contributed by atoms with Crippen molar-refractivity contribution in [2.24, 2.45) is 0 Å². The number of hydrogen-bond donors (Lipinski definition) is 1. The third-order valence-corrected chi connectivity index (χ3v) is 4.12. The molecule has 1 N–H and O–H groups in total. The summed E-state index contributed by atoms with van der Waals surface area (Å²) in [4.78, 5) is 18.4. The Hall–Kier alpha value is -2.34. The zero-order valence-corrected chi connectivity index (χ0v) is 14.7. The summed E-state index contributed by atoms with van der Waals surface area (Å²) in [6, 6.07) is 7.55. The van der Waals surface area contributed by atoms with Gasteiger partial charge in [0.1, 0.15) is 0 Å². The molecule has 0 aliphatic rings. The van der Waals surface area contributed by atoms with Crippen LogP contribution >= 0.6 is 0 Å². The third-order valence-electron chi connectivity index (χ3n) is 4.12. The molecule has 0 fully saturated rings. The van der Waals surface area contributed by atoms with Gasteiger partial charge in [-0.25, -0.2) is 8.78 Å². The van der Waals surface area contributed by atoms with E-state index in [2.05, 4.69) is 28.2 Å². The normalized spacial score (nSPS) is 12.2. The Bertz CT molecular complexity index is 736. The summed E-state index contributed by atoms with van der Waals surface area (Å²) in [7, 11) is 1.95. The largest absolute Gasteiger partial charge is 0.326 e. The van der Waals surface area contributed by atoms with Gasteiger partial charge in [-0.05, 0) is 50.7 Å². The Morgan fingerprint density at radius 3 is 2.68 bits per heavy atom. The van der Waals surface area contributed by atoms with E-state index in [0.29, 0.717) is 6.54 Å². The Kier molecular flexibility index (Phi) is 6.58. The first-order valence-corrected chi connectivity index (χ1v) is 8.22. The number of carbonyl (C=O) groups is 1. The molecule has 134 valence electrons. The molecular weight excluding hydrogens is 324 g/mol. The minimum Gasteiger partial charge on any atom is -0.326 e. The van der Waals surface area contributed by atoms with Crippen LogP contribution in [-0.2, 0) is 11.2 Å². The van der Waals surface area contributed by atoms with Crippen LogP contribution in [0.3, 0.4) is 0 Å². The second kappa shape index (κ2) is 8.67. The van der Waals surface area contributed by atoms with E-state index >= 15 is 0 Å². The molecule has 0 saturated heterocycles. The summed E-state index contributed by atoms with van der Waals surface area (Å²) >= 11 is 0. The van der Waals surface area contributed by atoms with Gasteiger partial charge in [-0.15, -0.1) is 0 Å². The van der Waals surface area contributed by atoms with Crippen molar-refractivity contribution < 1.29 is 13.6 Å². The Balaban J connectivity index is 1.80. The summed E-state index contributed by atoms with van der Waals surface area (Å²) in [6.45, 7) is 4.67. The lowest BCUT2D eigenvalue weighted by Gasteiger charge is -2.24. The van der Waals surface area contributed by atoms with Crippen LogP contribution in [0.5, 0.6) is 0 Å². The van der Waals surface area contributed by atoms with Gasteiger partial charge in [-0.1, -0.05) is 0 Å². The molecule has 1 unspecified atom stereocenters. The highest BCUT2D eigenvalue weighted by molar-refractivity contribution is 5.90. The number of likely N-dealkylation sites (N-methyl/N-ethyl adjacent to an activating group) is 1. The molecule has 0 radical (unpaired) electrons. The maximum absolute atomic E-state index is 13.1. The highest BCUT2D eigenvalue weighted by atomic mass is 19.2. The fraction of sp³-hybridized carbons (Fsp3) is 0.368. The van der Waals surface area contributed by atoms with E-state index in [4.69, 9.17) is 0 Å². The molecule has 0 saturated carbocycles. The minimum atomic E-state index is -0.978. The molecule has 2 aromatic rings. The van der Waals surface area contributed by atoms with Crippen molar-refractivity contribution in [1.29, 1.82) is 0 Å². The topological polar surface area (TPSA) is 45.2 Å². The fourth-order valence-corrected chi connectivity index (χ4v) is 2.46. The van der Waals surface area contributed by atoms with Crippen molar-refractivity contribution in [2.75, 3.05) is 18.9 Å². The number of benzene rings is 1. The van der Waals surface area contributed by atoms with E-state index in [1.54, 1.807) is 6.20 Å². The van der Waals surface area contributed by atoms with Crippen molar-refractivity contribution in [1.82, 2.24) is 9.88 Å². The van der Waals surface area contributed by atoms with E-state index in [1.165, 1.54) is 11.6 Å². The number of nitrogens with zero attached hydrogens (tertiary/aromatic N) is 2. The SMILES string of the molecule is Cc1ccnc(CC(C)N(C)CCC(=O)Nc2ccc(F)c(F)c2)c1. The van der Waals surface area contributed by atoms with Crippen molar-refractivity contribution >= 4 is 11.6 Å². The van der Waals surface area contributed by atoms with E-state index in [0.717, 1.165) is 24.2 Å². The molecule has 1 amide bonds. The molecule has 1 aromatic carbocycles. The van der Waals surface area contributed by atoms with Gasteiger partial charge in [-0.3, -0.25) is 9.78 Å². The standard InChI is InChI=1S/C19H23F2N3O/c1-13-6-8-22-16(10-13)11-14(2)24(3)9-7-19(25)23-15-4-5-17(20)18(21)12-15/h4-6,8,10,12,14H,7,9,11H2,1-3H3,(H,23,25). The number of carbonyl (C=O) groups excluding carboxylic acids is 1. The zero-order valence-electron chi connectivity index (χ0n) is 14.7. The number of amides is 1. The number of nitrogens with one attached hydrogen (secondary N) is 1. The van der Waals surface area contributed by atoms with Crippen molar-refractivity contribution in [3.05, 3.63) is 59.4 Å². The van der Waals surface area contributed by atoms with Gasteiger partial charge in [0.25, 0.3) is 0 Å². The van der Waals surface area contributed by atoms with Gasteiger partial charge >= 0.3 is 0 Å².